The van der Waals surface area contributed by atoms with Crippen LogP contribution in [0.5, 0.6) is 0 Å². The Kier molecular flexibility index (Phi) is 6.61. The minimum absolute atomic E-state index is 0.0224. The third-order valence-corrected chi connectivity index (χ3v) is 1.56. The second-order valence-electron chi connectivity index (χ2n) is 4.11. The van der Waals surface area contributed by atoms with E-state index in [1.165, 1.54) is 6.42 Å². The fourth-order valence-corrected chi connectivity index (χ4v) is 0.864. The van der Waals surface area contributed by atoms with E-state index in [9.17, 15) is 0 Å². The monoisotopic (exact) mass is 182 g/mol. The first kappa shape index (κ1) is 12.4. The molecule has 0 aromatic heterocycles. The molecule has 0 aromatic carbocycles. The standard InChI is InChI=1S/C12H22O/c1-5-6-7-8-9-10-11-13-12(2,3)4/h5,9-10H,1,6-8,11H2,2-4H3. The third kappa shape index (κ3) is 11.4. The highest BCUT2D eigenvalue weighted by Gasteiger charge is 2.07. The van der Waals surface area contributed by atoms with Gasteiger partial charge in [-0.2, -0.15) is 0 Å². The average molecular weight is 182 g/mol. The maximum atomic E-state index is 5.53. The largest absolute Gasteiger partial charge is 0.372 e. The van der Waals surface area contributed by atoms with Crippen molar-refractivity contribution in [3.05, 3.63) is 24.8 Å². The number of unbranched alkanes of at least 4 members (excludes halogenated alkanes) is 2. The summed E-state index contributed by atoms with van der Waals surface area (Å²) in [5, 5.41) is 0. The van der Waals surface area contributed by atoms with E-state index in [1.54, 1.807) is 0 Å². The molecule has 0 unspecified atom stereocenters. The van der Waals surface area contributed by atoms with Crippen LogP contribution in [0.1, 0.15) is 40.0 Å². The molecule has 0 saturated heterocycles. The van der Waals surface area contributed by atoms with Gasteiger partial charge in [0, 0.05) is 0 Å². The Morgan fingerprint density at radius 2 is 1.85 bits per heavy atom. The lowest BCUT2D eigenvalue weighted by molar-refractivity contribution is 0.0149. The second kappa shape index (κ2) is 6.90. The van der Waals surface area contributed by atoms with Crippen LogP contribution in [0.3, 0.4) is 0 Å². The molecule has 0 heterocycles. The summed E-state index contributed by atoms with van der Waals surface area (Å²) in [4.78, 5) is 0. The molecule has 0 atom stereocenters. The zero-order valence-electron chi connectivity index (χ0n) is 9.18. The summed E-state index contributed by atoms with van der Waals surface area (Å²) in [6.07, 6.45) is 9.64. The van der Waals surface area contributed by atoms with Gasteiger partial charge in [0.1, 0.15) is 0 Å². The quantitative estimate of drug-likeness (QED) is 0.449. The predicted octanol–water partition coefficient (Wildman–Crippen LogP) is 3.71. The van der Waals surface area contributed by atoms with Crippen LogP contribution in [0.4, 0.5) is 0 Å². The Bertz CT molecular complexity index is 151. The Balaban J connectivity index is 3.27. The summed E-state index contributed by atoms with van der Waals surface area (Å²) < 4.78 is 5.53. The highest BCUT2D eigenvalue weighted by molar-refractivity contribution is 4.83. The van der Waals surface area contributed by atoms with Crippen molar-refractivity contribution in [3.8, 4) is 0 Å². The molecule has 76 valence electrons. The molecule has 0 amide bonds. The lowest BCUT2D eigenvalue weighted by atomic mass is 10.2. The van der Waals surface area contributed by atoms with Crippen molar-refractivity contribution in [3.63, 3.8) is 0 Å². The van der Waals surface area contributed by atoms with Crippen LogP contribution in [0.15, 0.2) is 24.8 Å². The number of ether oxygens (including phenoxy) is 1. The van der Waals surface area contributed by atoms with Gasteiger partial charge in [-0.05, 0) is 40.0 Å². The van der Waals surface area contributed by atoms with Crippen LogP contribution < -0.4 is 0 Å². The van der Waals surface area contributed by atoms with Gasteiger partial charge in [0.15, 0.2) is 0 Å². The highest BCUT2D eigenvalue weighted by Crippen LogP contribution is 2.06. The van der Waals surface area contributed by atoms with Gasteiger partial charge in [-0.25, -0.2) is 0 Å². The van der Waals surface area contributed by atoms with Gasteiger partial charge in [0.2, 0.25) is 0 Å². The fraction of sp³-hybridized carbons (Fsp3) is 0.667. The summed E-state index contributed by atoms with van der Waals surface area (Å²) in [7, 11) is 0. The second-order valence-corrected chi connectivity index (χ2v) is 4.11. The van der Waals surface area contributed by atoms with Gasteiger partial charge in [-0.1, -0.05) is 18.2 Å². The van der Waals surface area contributed by atoms with E-state index in [4.69, 9.17) is 4.74 Å². The predicted molar refractivity (Wildman–Crippen MR) is 58.9 cm³/mol. The summed E-state index contributed by atoms with van der Waals surface area (Å²) in [5.41, 5.74) is -0.0224. The Morgan fingerprint density at radius 3 is 2.38 bits per heavy atom. The van der Waals surface area contributed by atoms with Crippen molar-refractivity contribution >= 4 is 0 Å². The van der Waals surface area contributed by atoms with Crippen molar-refractivity contribution in [2.24, 2.45) is 0 Å². The molecular formula is C12H22O. The zero-order chi connectivity index (χ0) is 10.2. The molecule has 0 saturated carbocycles. The molecule has 0 bridgehead atoms. The van der Waals surface area contributed by atoms with E-state index in [0.717, 1.165) is 19.4 Å². The molecule has 0 spiro atoms. The normalized spacial score (nSPS) is 12.2. The molecule has 0 aliphatic rings. The van der Waals surface area contributed by atoms with Crippen LogP contribution in [0, 0.1) is 0 Å². The number of hydrogen-bond acceptors (Lipinski definition) is 1. The topological polar surface area (TPSA) is 9.23 Å². The summed E-state index contributed by atoms with van der Waals surface area (Å²) in [5.74, 6) is 0. The summed E-state index contributed by atoms with van der Waals surface area (Å²) in [6, 6.07) is 0. The van der Waals surface area contributed by atoms with Gasteiger partial charge < -0.3 is 4.74 Å². The van der Waals surface area contributed by atoms with Crippen molar-refractivity contribution in [2.75, 3.05) is 6.61 Å². The van der Waals surface area contributed by atoms with Crippen LogP contribution in [-0.4, -0.2) is 12.2 Å². The van der Waals surface area contributed by atoms with E-state index in [-0.39, 0.29) is 5.60 Å². The number of hydrogen-bond donors (Lipinski definition) is 0. The van der Waals surface area contributed by atoms with Gasteiger partial charge in [-0.15, -0.1) is 6.58 Å². The van der Waals surface area contributed by atoms with E-state index in [1.807, 2.05) is 6.08 Å². The first-order valence-corrected chi connectivity index (χ1v) is 4.96. The molecule has 1 heteroatoms. The average Bonchev–Trinajstić information content (AvgIpc) is 2.01. The Hall–Kier alpha value is -0.560. The Morgan fingerprint density at radius 1 is 1.15 bits per heavy atom. The minimum atomic E-state index is -0.0224. The molecule has 0 aliphatic heterocycles. The first-order chi connectivity index (χ1) is 6.06. The zero-order valence-corrected chi connectivity index (χ0v) is 9.18. The van der Waals surface area contributed by atoms with E-state index < -0.39 is 0 Å². The molecule has 0 fully saturated rings. The molecule has 13 heavy (non-hydrogen) atoms. The molecule has 0 rings (SSSR count). The molecule has 0 aromatic rings. The van der Waals surface area contributed by atoms with E-state index in [2.05, 4.69) is 39.5 Å². The molecular weight excluding hydrogens is 160 g/mol. The van der Waals surface area contributed by atoms with Crippen molar-refractivity contribution in [1.29, 1.82) is 0 Å². The summed E-state index contributed by atoms with van der Waals surface area (Å²) >= 11 is 0. The van der Waals surface area contributed by atoms with Gasteiger partial charge in [0.25, 0.3) is 0 Å². The third-order valence-electron chi connectivity index (χ3n) is 1.56. The SMILES string of the molecule is C=CCCCC=CCOC(C)(C)C. The minimum Gasteiger partial charge on any atom is -0.372 e. The van der Waals surface area contributed by atoms with E-state index >= 15 is 0 Å². The van der Waals surface area contributed by atoms with Gasteiger partial charge in [0.05, 0.1) is 12.2 Å². The molecule has 0 N–H and O–H groups in total. The molecule has 0 aliphatic carbocycles. The fourth-order valence-electron chi connectivity index (χ4n) is 0.864. The van der Waals surface area contributed by atoms with Crippen LogP contribution in [-0.2, 0) is 4.74 Å². The smallest absolute Gasteiger partial charge is 0.0654 e. The summed E-state index contributed by atoms with van der Waals surface area (Å²) in [6.45, 7) is 10.6. The van der Waals surface area contributed by atoms with Crippen molar-refractivity contribution < 1.29 is 4.74 Å². The van der Waals surface area contributed by atoms with Crippen LogP contribution >= 0.6 is 0 Å². The number of rotatable bonds is 6. The van der Waals surface area contributed by atoms with Gasteiger partial charge in [-0.3, -0.25) is 0 Å². The molecule has 1 nitrogen and oxygen atoms in total. The van der Waals surface area contributed by atoms with Gasteiger partial charge >= 0.3 is 0 Å². The van der Waals surface area contributed by atoms with Crippen molar-refractivity contribution in [1.82, 2.24) is 0 Å². The Labute approximate surface area is 82.5 Å². The van der Waals surface area contributed by atoms with E-state index in [0.29, 0.717) is 0 Å². The lowest BCUT2D eigenvalue weighted by Crippen LogP contribution is -2.18. The first-order valence-electron chi connectivity index (χ1n) is 4.96. The number of allylic oxidation sites excluding steroid dienone is 2. The lowest BCUT2D eigenvalue weighted by Gasteiger charge is -2.17. The highest BCUT2D eigenvalue weighted by atomic mass is 16.5. The van der Waals surface area contributed by atoms with Crippen LogP contribution in [0.25, 0.3) is 0 Å². The van der Waals surface area contributed by atoms with Crippen molar-refractivity contribution in [2.45, 2.75) is 45.6 Å². The maximum absolute atomic E-state index is 5.53. The molecule has 0 radical (unpaired) electrons. The maximum Gasteiger partial charge on any atom is 0.0654 e. The van der Waals surface area contributed by atoms with Crippen LogP contribution in [0.2, 0.25) is 0 Å².